The topological polar surface area (TPSA) is 50.9 Å². The van der Waals surface area contributed by atoms with Crippen molar-refractivity contribution in [2.45, 2.75) is 122 Å². The predicted octanol–water partition coefficient (Wildman–Crippen LogP) is 18.0. The molecule has 2 fully saturated rings. The molecular weight excluding hydrogens is 1070 g/mol. The first-order chi connectivity index (χ1) is 35.5. The van der Waals surface area contributed by atoms with Crippen molar-refractivity contribution in [3.05, 3.63) is 204 Å². The average molecular weight is 1140 g/mol. The third kappa shape index (κ3) is 10.6. The van der Waals surface area contributed by atoms with Crippen LogP contribution in [0.5, 0.6) is 5.75 Å². The van der Waals surface area contributed by atoms with Crippen molar-refractivity contribution in [3.8, 4) is 67.5 Å². The number of phenolic OH excluding ortho intramolecular Hbond substituents is 1. The molecule has 0 atom stereocenters. The number of hydrogen-bond donors (Lipinski definition) is 1. The van der Waals surface area contributed by atoms with Crippen LogP contribution in [0.4, 0.5) is 0 Å². The van der Waals surface area contributed by atoms with E-state index in [0.717, 1.165) is 90.0 Å². The average Bonchev–Trinajstić information content (AvgIpc) is 4.08. The zero-order valence-corrected chi connectivity index (χ0v) is 45.5. The van der Waals surface area contributed by atoms with E-state index in [1.807, 2.05) is 36.5 Å². The van der Waals surface area contributed by atoms with Crippen molar-refractivity contribution in [2.24, 2.45) is 5.92 Å². The Kier molecular flexibility index (Phi) is 13.6. The Labute approximate surface area is 451 Å². The van der Waals surface area contributed by atoms with Crippen molar-refractivity contribution in [1.29, 1.82) is 0 Å². The SMILES string of the molecule is [2H]C1(c2ccccc2)CCC([2H])(c2ccc(-c3ccnc(-c4[c-]c(-c5cccc6c5nc(-c5cc(C(C)(C)C)ccc5O)n6-c5ccc(CC6CCCC6)cc5-c5ccccc5)cc(C(C)(C)C)c4)c3)cc2)CC1.[Pt]. The third-order valence-electron chi connectivity index (χ3n) is 15.5. The third-order valence-corrected chi connectivity index (χ3v) is 15.5. The van der Waals surface area contributed by atoms with Crippen LogP contribution in [0.2, 0.25) is 0 Å². The molecule has 73 heavy (non-hydrogen) atoms. The minimum Gasteiger partial charge on any atom is -0.507 e. The first kappa shape index (κ1) is 47.6. The summed E-state index contributed by atoms with van der Waals surface area (Å²) in [7, 11) is 0. The molecule has 0 saturated heterocycles. The van der Waals surface area contributed by atoms with E-state index in [0.29, 0.717) is 43.0 Å². The fraction of sp³-hybridized carbons (Fsp3) is 0.294. The monoisotopic (exact) mass is 1140 g/mol. The van der Waals surface area contributed by atoms with E-state index >= 15 is 0 Å². The van der Waals surface area contributed by atoms with Gasteiger partial charge in [-0.05, 0) is 136 Å². The summed E-state index contributed by atoms with van der Waals surface area (Å²) in [5, 5.41) is 11.9. The Bertz CT molecular complexity index is 3480. The molecule has 4 nitrogen and oxygen atoms in total. The Balaban J connectivity index is 0.00000641. The molecule has 0 amide bonds. The van der Waals surface area contributed by atoms with Crippen LogP contribution in [0.3, 0.4) is 0 Å². The number of imidazole rings is 1. The van der Waals surface area contributed by atoms with Gasteiger partial charge in [-0.2, -0.15) is 0 Å². The molecule has 2 aliphatic rings. The quantitative estimate of drug-likeness (QED) is 0.139. The number of rotatable bonds is 10. The number of nitrogens with zero attached hydrogens (tertiary/aromatic N) is 3. The molecule has 0 unspecified atom stereocenters. The van der Waals surface area contributed by atoms with Crippen molar-refractivity contribution >= 4 is 11.0 Å². The maximum atomic E-state index is 11.9. The van der Waals surface area contributed by atoms with Gasteiger partial charge in [-0.15, -0.1) is 29.3 Å². The number of fused-ring (bicyclic) bond motifs is 1. The zero-order chi connectivity index (χ0) is 51.4. The van der Waals surface area contributed by atoms with Crippen molar-refractivity contribution in [2.75, 3.05) is 0 Å². The molecule has 5 heteroatoms. The Morgan fingerprint density at radius 2 is 1.23 bits per heavy atom. The number of aromatic nitrogens is 3. The molecule has 2 heterocycles. The first-order valence-corrected chi connectivity index (χ1v) is 26.3. The van der Waals surface area contributed by atoms with Gasteiger partial charge in [0.05, 0.1) is 22.3 Å². The second-order valence-corrected chi connectivity index (χ2v) is 22.5. The summed E-state index contributed by atoms with van der Waals surface area (Å²) in [4.78, 5) is 10.6. The summed E-state index contributed by atoms with van der Waals surface area (Å²) < 4.78 is 21.1. The summed E-state index contributed by atoms with van der Waals surface area (Å²) >= 11 is 0. The first-order valence-electron chi connectivity index (χ1n) is 27.3. The van der Waals surface area contributed by atoms with Crippen LogP contribution < -0.4 is 0 Å². The van der Waals surface area contributed by atoms with Gasteiger partial charge in [0.15, 0.2) is 0 Å². The van der Waals surface area contributed by atoms with Gasteiger partial charge in [-0.25, -0.2) is 4.98 Å². The molecule has 0 aliphatic heterocycles. The standard InChI is InChI=1S/C68H68N3O.Pt/c1-67(2,3)56-33-35-64(72)60(44-56)66-70-65-58(22-15-23-63(65)71(66)62-34-24-46(38-45-16-13-14-17-45)39-59(62)52-20-11-8-12-21-52)54-40-55(42-57(41-54)68(4,5)6)61-43-53(36-37-69-61)51-31-29-50(30-32-51)49-27-25-48(26-28-49)47-18-9-7-10-19-47;/h7-12,15,18-24,29-37,39,41-45,48-49,72H,13-14,16-17,25-28,38H2,1-6H3;/q-1;/i48D,49D;. The molecule has 0 spiro atoms. The van der Waals surface area contributed by atoms with E-state index in [-0.39, 0.29) is 37.6 Å². The van der Waals surface area contributed by atoms with E-state index in [2.05, 4.69) is 186 Å². The number of benzene rings is 7. The van der Waals surface area contributed by atoms with Crippen LogP contribution in [-0.4, -0.2) is 19.6 Å². The normalized spacial score (nSPS) is 18.8. The second kappa shape index (κ2) is 20.9. The molecule has 11 rings (SSSR count). The molecule has 9 aromatic rings. The number of para-hydroxylation sites is 1. The van der Waals surface area contributed by atoms with Crippen LogP contribution in [0.25, 0.3) is 72.7 Å². The van der Waals surface area contributed by atoms with Gasteiger partial charge in [0.1, 0.15) is 11.6 Å². The molecule has 7 aromatic carbocycles. The fourth-order valence-electron chi connectivity index (χ4n) is 11.3. The van der Waals surface area contributed by atoms with Gasteiger partial charge in [0.25, 0.3) is 0 Å². The Morgan fingerprint density at radius 1 is 0.575 bits per heavy atom. The Morgan fingerprint density at radius 3 is 1.92 bits per heavy atom. The number of aromatic hydroxyl groups is 1. The molecule has 0 bridgehead atoms. The summed E-state index contributed by atoms with van der Waals surface area (Å²) in [5.74, 6) is 0.208. The van der Waals surface area contributed by atoms with Crippen molar-refractivity contribution < 1.29 is 28.9 Å². The number of pyridine rings is 1. The van der Waals surface area contributed by atoms with Crippen LogP contribution in [-0.2, 0) is 38.3 Å². The predicted molar refractivity (Wildman–Crippen MR) is 300 cm³/mol. The van der Waals surface area contributed by atoms with E-state index in [9.17, 15) is 7.85 Å². The molecule has 2 aliphatic carbocycles. The molecule has 2 aromatic heterocycles. The largest absolute Gasteiger partial charge is 0.507 e. The molecule has 372 valence electrons. The van der Waals surface area contributed by atoms with Gasteiger partial charge in [0.2, 0.25) is 0 Å². The Hall–Kier alpha value is -6.35. The summed E-state index contributed by atoms with van der Waals surface area (Å²) in [6.07, 6.45) is 10.8. The van der Waals surface area contributed by atoms with Crippen LogP contribution >= 0.6 is 0 Å². The van der Waals surface area contributed by atoms with E-state index in [4.69, 9.17) is 9.97 Å². The van der Waals surface area contributed by atoms with Crippen LogP contribution in [0.1, 0.15) is 135 Å². The minimum absolute atomic E-state index is 0. The van der Waals surface area contributed by atoms with E-state index < -0.39 is 11.8 Å². The molecular formula is C68H68N3OPt-. The van der Waals surface area contributed by atoms with Gasteiger partial charge in [-0.1, -0.05) is 194 Å². The van der Waals surface area contributed by atoms with Gasteiger partial charge >= 0.3 is 0 Å². The smallest absolute Gasteiger partial charge is 0.148 e. The van der Waals surface area contributed by atoms with Crippen molar-refractivity contribution in [3.63, 3.8) is 0 Å². The zero-order valence-electron chi connectivity index (χ0n) is 45.2. The summed E-state index contributed by atoms with van der Waals surface area (Å²) in [6.45, 7) is 13.4. The second-order valence-electron chi connectivity index (χ2n) is 22.5. The summed E-state index contributed by atoms with van der Waals surface area (Å²) in [5.41, 5.74) is 16.8. The summed E-state index contributed by atoms with van der Waals surface area (Å²) in [6, 6.07) is 61.3. The maximum absolute atomic E-state index is 11.9. The molecule has 0 radical (unpaired) electrons. The molecule has 1 N–H and O–H groups in total. The molecule has 2 saturated carbocycles. The maximum Gasteiger partial charge on any atom is 0.148 e. The number of phenols is 1. The van der Waals surface area contributed by atoms with Crippen LogP contribution in [0, 0.1) is 12.0 Å². The number of hydrogen-bond acceptors (Lipinski definition) is 3. The fourth-order valence-corrected chi connectivity index (χ4v) is 11.3. The van der Waals surface area contributed by atoms with Gasteiger partial charge in [-0.3, -0.25) is 9.55 Å². The van der Waals surface area contributed by atoms with Gasteiger partial charge in [0, 0.05) is 41.3 Å². The van der Waals surface area contributed by atoms with Crippen molar-refractivity contribution in [1.82, 2.24) is 14.5 Å². The van der Waals surface area contributed by atoms with E-state index in [1.54, 1.807) is 0 Å². The van der Waals surface area contributed by atoms with Gasteiger partial charge < -0.3 is 5.11 Å². The minimum atomic E-state index is -0.723. The van der Waals surface area contributed by atoms with E-state index in [1.165, 1.54) is 31.2 Å². The van der Waals surface area contributed by atoms with Crippen LogP contribution in [0.15, 0.2) is 170 Å².